The topological polar surface area (TPSA) is 165 Å². The summed E-state index contributed by atoms with van der Waals surface area (Å²) in [4.78, 5) is 75.5. The summed E-state index contributed by atoms with van der Waals surface area (Å²) in [5.74, 6) is -2.03. The minimum atomic E-state index is -1.03. The number of nitrogens with zero attached hydrogens (tertiary/aromatic N) is 3. The number of nitro groups is 1. The molecule has 2 aromatic rings. The van der Waals surface area contributed by atoms with Gasteiger partial charge < -0.3 is 14.4 Å². The molecule has 0 radical (unpaired) electrons. The van der Waals surface area contributed by atoms with Crippen LogP contribution in [0.15, 0.2) is 42.5 Å². The van der Waals surface area contributed by atoms with Crippen molar-refractivity contribution in [2.75, 3.05) is 24.6 Å². The SMILES string of the molecule is O=C1CCC(N2C(=O)c3cccc(N4CCC(COC(=O)Oc5ccc([N+](=O)[O-])cc5)CC4)c3C2=O)C(=O)N1. The van der Waals surface area contributed by atoms with Crippen molar-refractivity contribution >= 4 is 41.2 Å². The number of fused-ring (bicyclic) bond motifs is 1. The molecule has 0 saturated carbocycles. The van der Waals surface area contributed by atoms with Crippen LogP contribution in [-0.2, 0) is 14.3 Å². The van der Waals surface area contributed by atoms with E-state index in [1.807, 2.05) is 4.90 Å². The Hall–Kier alpha value is -4.81. The fraction of sp³-hybridized carbons (Fsp3) is 0.346. The number of anilines is 1. The Balaban J connectivity index is 1.17. The molecule has 0 aromatic heterocycles. The molecule has 2 aromatic carbocycles. The zero-order valence-electron chi connectivity index (χ0n) is 20.7. The average molecular weight is 536 g/mol. The number of hydrogen-bond donors (Lipinski definition) is 1. The molecule has 4 amide bonds. The highest BCUT2D eigenvalue weighted by molar-refractivity contribution is 6.25. The van der Waals surface area contributed by atoms with Crippen molar-refractivity contribution in [3.05, 3.63) is 63.7 Å². The van der Waals surface area contributed by atoms with E-state index >= 15 is 0 Å². The molecule has 3 aliphatic heterocycles. The van der Waals surface area contributed by atoms with Crippen LogP contribution >= 0.6 is 0 Å². The van der Waals surface area contributed by atoms with E-state index in [9.17, 15) is 34.1 Å². The maximum absolute atomic E-state index is 13.3. The Bertz CT molecular complexity index is 1370. The van der Waals surface area contributed by atoms with Gasteiger partial charge in [0.05, 0.1) is 28.3 Å². The van der Waals surface area contributed by atoms with Crippen LogP contribution in [0.2, 0.25) is 0 Å². The van der Waals surface area contributed by atoms with E-state index in [1.165, 1.54) is 24.3 Å². The normalized spacial score (nSPS) is 19.5. The monoisotopic (exact) mass is 536 g/mol. The smallest absolute Gasteiger partial charge is 0.434 e. The van der Waals surface area contributed by atoms with E-state index in [0.29, 0.717) is 31.6 Å². The molecule has 3 aliphatic rings. The van der Waals surface area contributed by atoms with Gasteiger partial charge in [0.1, 0.15) is 11.8 Å². The van der Waals surface area contributed by atoms with Gasteiger partial charge in [-0.3, -0.25) is 39.5 Å². The van der Waals surface area contributed by atoms with Crippen molar-refractivity contribution < 1.29 is 38.4 Å². The largest absolute Gasteiger partial charge is 0.513 e. The maximum atomic E-state index is 13.3. The van der Waals surface area contributed by atoms with E-state index < -0.39 is 40.7 Å². The zero-order chi connectivity index (χ0) is 27.7. The van der Waals surface area contributed by atoms with Crippen LogP contribution < -0.4 is 15.0 Å². The summed E-state index contributed by atoms with van der Waals surface area (Å²) in [7, 11) is 0. The molecule has 1 N–H and O–H groups in total. The number of hydrogen-bond acceptors (Lipinski definition) is 10. The summed E-state index contributed by atoms with van der Waals surface area (Å²) in [5, 5.41) is 12.9. The quantitative estimate of drug-likeness (QED) is 0.190. The van der Waals surface area contributed by atoms with E-state index in [1.54, 1.807) is 18.2 Å². The third-order valence-corrected chi connectivity index (χ3v) is 7.09. The predicted octanol–water partition coefficient (Wildman–Crippen LogP) is 2.43. The number of amides is 4. The third-order valence-electron chi connectivity index (χ3n) is 7.09. The van der Waals surface area contributed by atoms with Crippen LogP contribution in [-0.4, -0.2) is 65.3 Å². The van der Waals surface area contributed by atoms with Crippen molar-refractivity contribution in [3.8, 4) is 5.75 Å². The van der Waals surface area contributed by atoms with E-state index in [2.05, 4.69) is 5.32 Å². The first-order chi connectivity index (χ1) is 18.7. The number of imide groups is 2. The Morgan fingerprint density at radius 1 is 1.00 bits per heavy atom. The predicted molar refractivity (Wildman–Crippen MR) is 133 cm³/mol. The molecule has 0 aliphatic carbocycles. The lowest BCUT2D eigenvalue weighted by molar-refractivity contribution is -0.384. The maximum Gasteiger partial charge on any atom is 0.513 e. The van der Waals surface area contributed by atoms with E-state index in [4.69, 9.17) is 9.47 Å². The van der Waals surface area contributed by atoms with Gasteiger partial charge in [0.2, 0.25) is 11.8 Å². The van der Waals surface area contributed by atoms with Gasteiger partial charge in [0, 0.05) is 31.6 Å². The van der Waals surface area contributed by atoms with Crippen LogP contribution in [0.1, 0.15) is 46.4 Å². The summed E-state index contributed by atoms with van der Waals surface area (Å²) in [6, 6.07) is 9.04. The first kappa shape index (κ1) is 25.8. The van der Waals surface area contributed by atoms with Crippen LogP contribution in [0.25, 0.3) is 0 Å². The van der Waals surface area contributed by atoms with Crippen LogP contribution in [0.3, 0.4) is 0 Å². The fourth-order valence-electron chi connectivity index (χ4n) is 5.05. The first-order valence-electron chi connectivity index (χ1n) is 12.4. The molecule has 2 saturated heterocycles. The van der Waals surface area contributed by atoms with Crippen molar-refractivity contribution in [2.45, 2.75) is 31.7 Å². The van der Waals surface area contributed by atoms with Gasteiger partial charge in [0.15, 0.2) is 0 Å². The van der Waals surface area contributed by atoms with Gasteiger partial charge in [-0.05, 0) is 49.4 Å². The zero-order valence-corrected chi connectivity index (χ0v) is 20.7. The number of benzene rings is 2. The van der Waals surface area contributed by atoms with Gasteiger partial charge >= 0.3 is 6.16 Å². The molecular weight excluding hydrogens is 512 g/mol. The summed E-state index contributed by atoms with van der Waals surface area (Å²) < 4.78 is 10.3. The average Bonchev–Trinajstić information content (AvgIpc) is 3.18. The molecule has 13 nitrogen and oxygen atoms in total. The summed E-state index contributed by atoms with van der Waals surface area (Å²) in [6.07, 6.45) is 0.516. The van der Waals surface area contributed by atoms with Crippen molar-refractivity contribution in [1.29, 1.82) is 0 Å². The van der Waals surface area contributed by atoms with E-state index in [0.717, 1.165) is 4.90 Å². The van der Waals surface area contributed by atoms with Crippen LogP contribution in [0.5, 0.6) is 5.75 Å². The molecule has 0 spiro atoms. The Morgan fingerprint density at radius 2 is 1.72 bits per heavy atom. The van der Waals surface area contributed by atoms with Crippen molar-refractivity contribution in [3.63, 3.8) is 0 Å². The second kappa shape index (κ2) is 10.5. The number of non-ortho nitro benzene ring substituents is 1. The molecule has 1 unspecified atom stereocenters. The number of piperidine rings is 2. The van der Waals surface area contributed by atoms with Gasteiger partial charge in [-0.25, -0.2) is 4.79 Å². The van der Waals surface area contributed by atoms with Crippen LogP contribution in [0, 0.1) is 16.0 Å². The number of carbonyl (C=O) groups excluding carboxylic acids is 5. The Morgan fingerprint density at radius 3 is 2.38 bits per heavy atom. The Kier molecular flexibility index (Phi) is 6.96. The van der Waals surface area contributed by atoms with E-state index in [-0.39, 0.29) is 47.9 Å². The van der Waals surface area contributed by atoms with Crippen LogP contribution in [0.4, 0.5) is 16.2 Å². The van der Waals surface area contributed by atoms with Gasteiger partial charge in [-0.15, -0.1) is 0 Å². The van der Waals surface area contributed by atoms with Gasteiger partial charge in [-0.2, -0.15) is 0 Å². The van der Waals surface area contributed by atoms with Crippen molar-refractivity contribution in [2.24, 2.45) is 5.92 Å². The van der Waals surface area contributed by atoms with Crippen molar-refractivity contribution in [1.82, 2.24) is 10.2 Å². The summed E-state index contributed by atoms with van der Waals surface area (Å²) in [6.45, 7) is 1.21. The molecule has 1 atom stereocenters. The molecule has 5 rings (SSSR count). The Labute approximate surface area is 221 Å². The molecular formula is C26H24N4O9. The molecule has 13 heteroatoms. The number of carbonyl (C=O) groups is 5. The molecule has 2 fully saturated rings. The number of rotatable bonds is 6. The lowest BCUT2D eigenvalue weighted by Crippen LogP contribution is -2.54. The number of ether oxygens (including phenoxy) is 2. The third kappa shape index (κ3) is 5.15. The van der Waals surface area contributed by atoms with Gasteiger partial charge in [0.25, 0.3) is 17.5 Å². The minimum absolute atomic E-state index is 0.0414. The lowest BCUT2D eigenvalue weighted by atomic mass is 9.96. The highest BCUT2D eigenvalue weighted by Gasteiger charge is 2.46. The van der Waals surface area contributed by atoms with Gasteiger partial charge in [-0.1, -0.05) is 6.07 Å². The standard InChI is InChI=1S/C26H24N4O9/c31-21-9-8-20(23(32)27-21)29-24(33)18-2-1-3-19(22(18)25(29)34)28-12-10-15(11-13-28)14-38-26(35)39-17-6-4-16(5-7-17)30(36)37/h1-7,15,20H,8-14H2,(H,27,31,32). The first-order valence-corrected chi connectivity index (χ1v) is 12.4. The highest BCUT2D eigenvalue weighted by atomic mass is 16.7. The molecule has 0 bridgehead atoms. The summed E-state index contributed by atoms with van der Waals surface area (Å²) >= 11 is 0. The minimum Gasteiger partial charge on any atom is -0.434 e. The number of nitro benzene ring substituents is 1. The lowest BCUT2D eigenvalue weighted by Gasteiger charge is -2.34. The fourth-order valence-corrected chi connectivity index (χ4v) is 5.05. The molecule has 202 valence electrons. The second-order valence-corrected chi connectivity index (χ2v) is 9.49. The molecule has 3 heterocycles. The second-order valence-electron chi connectivity index (χ2n) is 9.49. The molecule has 39 heavy (non-hydrogen) atoms. The summed E-state index contributed by atoms with van der Waals surface area (Å²) in [5.41, 5.74) is 0.939. The highest BCUT2D eigenvalue weighted by Crippen LogP contribution is 2.35. The number of nitrogens with one attached hydrogen (secondary N) is 1.